The van der Waals surface area contributed by atoms with Crippen LogP contribution in [0, 0.1) is 5.92 Å². The van der Waals surface area contributed by atoms with Gasteiger partial charge in [0.15, 0.2) is 0 Å². The molecule has 1 fully saturated rings. The summed E-state index contributed by atoms with van der Waals surface area (Å²) >= 11 is 0. The van der Waals surface area contributed by atoms with Crippen molar-refractivity contribution >= 4 is 18.3 Å². The number of carbonyl (C=O) groups excluding carboxylic acids is 3. The number of amides is 2. The molecule has 176 valence electrons. The number of phenolic OH excluding ortho intramolecular Hbond substituents is 1. The van der Waals surface area contributed by atoms with E-state index in [0.717, 1.165) is 41.8 Å². The molecule has 1 atom stereocenters. The largest absolute Gasteiger partial charge is 0.508 e. The Kier molecular flexibility index (Phi) is 9.30. The Morgan fingerprint density at radius 3 is 2.39 bits per heavy atom. The molecule has 2 aromatic rings. The molecule has 1 aliphatic rings. The maximum Gasteiger partial charge on any atom is 0.426 e. The summed E-state index contributed by atoms with van der Waals surface area (Å²) in [5.74, 6) is 0.0801. The maximum absolute atomic E-state index is 13.1. The lowest BCUT2D eigenvalue weighted by molar-refractivity contribution is -0.139. The zero-order valence-corrected chi connectivity index (χ0v) is 18.8. The van der Waals surface area contributed by atoms with Crippen molar-refractivity contribution < 1.29 is 24.2 Å². The van der Waals surface area contributed by atoms with Crippen LogP contribution in [0.1, 0.15) is 49.7 Å². The second kappa shape index (κ2) is 12.6. The Hall–Kier alpha value is -3.35. The smallest absolute Gasteiger partial charge is 0.426 e. The van der Waals surface area contributed by atoms with Crippen molar-refractivity contribution in [3.63, 3.8) is 0 Å². The van der Waals surface area contributed by atoms with E-state index in [1.165, 1.54) is 18.6 Å². The summed E-state index contributed by atoms with van der Waals surface area (Å²) in [6.45, 7) is 0.307. The van der Waals surface area contributed by atoms with Crippen LogP contribution in [0.4, 0.5) is 4.79 Å². The zero-order chi connectivity index (χ0) is 23.5. The molecule has 1 saturated carbocycles. The molecule has 2 aromatic carbocycles. The van der Waals surface area contributed by atoms with E-state index in [9.17, 15) is 19.5 Å². The molecule has 1 aliphatic carbocycles. The number of hydrogen-bond acceptors (Lipinski definition) is 5. The average molecular weight is 453 g/mol. The van der Waals surface area contributed by atoms with E-state index >= 15 is 0 Å². The summed E-state index contributed by atoms with van der Waals surface area (Å²) in [4.78, 5) is 37.5. The van der Waals surface area contributed by atoms with Crippen LogP contribution in [0.15, 0.2) is 54.6 Å². The number of hydrogen-bond donors (Lipinski definition) is 2. The van der Waals surface area contributed by atoms with Crippen LogP contribution in [-0.4, -0.2) is 41.1 Å². The first-order valence-electron chi connectivity index (χ1n) is 11.6. The van der Waals surface area contributed by atoms with Gasteiger partial charge >= 0.3 is 6.09 Å². The Morgan fingerprint density at radius 2 is 1.73 bits per heavy atom. The van der Waals surface area contributed by atoms with Crippen LogP contribution in [0.3, 0.4) is 0 Å². The summed E-state index contributed by atoms with van der Waals surface area (Å²) in [5, 5.41) is 10.6. The first kappa shape index (κ1) is 24.3. The van der Waals surface area contributed by atoms with Crippen LogP contribution in [0.5, 0.6) is 5.75 Å². The topological polar surface area (TPSA) is 95.9 Å². The van der Waals surface area contributed by atoms with Gasteiger partial charge in [0.05, 0.1) is 6.61 Å². The van der Waals surface area contributed by atoms with Gasteiger partial charge in [0.25, 0.3) is 0 Å². The number of phenols is 1. The number of aryl methyl sites for hydroxylation is 1. The van der Waals surface area contributed by atoms with Gasteiger partial charge in [-0.25, -0.2) is 15.2 Å². The van der Waals surface area contributed by atoms with Gasteiger partial charge in [-0.3, -0.25) is 4.79 Å². The van der Waals surface area contributed by atoms with Crippen LogP contribution < -0.4 is 5.43 Å². The van der Waals surface area contributed by atoms with Crippen LogP contribution in [0.25, 0.3) is 0 Å². The van der Waals surface area contributed by atoms with Crippen LogP contribution >= 0.6 is 0 Å². The second-order valence-corrected chi connectivity index (χ2v) is 8.54. The molecule has 0 aliphatic heterocycles. The maximum atomic E-state index is 13.1. The lowest BCUT2D eigenvalue weighted by Gasteiger charge is -2.29. The van der Waals surface area contributed by atoms with Gasteiger partial charge in [0.2, 0.25) is 5.91 Å². The minimum absolute atomic E-state index is 0.113. The highest BCUT2D eigenvalue weighted by Gasteiger charge is 2.27. The summed E-state index contributed by atoms with van der Waals surface area (Å²) in [7, 11) is 0. The van der Waals surface area contributed by atoms with E-state index in [0.29, 0.717) is 25.2 Å². The number of nitrogens with zero attached hydrogens (tertiary/aromatic N) is 1. The van der Waals surface area contributed by atoms with E-state index in [4.69, 9.17) is 4.74 Å². The predicted molar refractivity (Wildman–Crippen MR) is 124 cm³/mol. The van der Waals surface area contributed by atoms with Crippen molar-refractivity contribution in [2.24, 2.45) is 5.92 Å². The van der Waals surface area contributed by atoms with Gasteiger partial charge in [-0.1, -0.05) is 61.7 Å². The van der Waals surface area contributed by atoms with Gasteiger partial charge in [-0.15, -0.1) is 0 Å². The number of nitrogens with one attached hydrogen (secondary N) is 1. The van der Waals surface area contributed by atoms with Crippen molar-refractivity contribution in [1.82, 2.24) is 10.4 Å². The minimum atomic E-state index is -0.903. The highest BCUT2D eigenvalue weighted by molar-refractivity contribution is 5.82. The van der Waals surface area contributed by atoms with E-state index < -0.39 is 12.1 Å². The number of ether oxygens (including phenoxy) is 1. The number of hydrazine groups is 1. The lowest BCUT2D eigenvalue weighted by atomic mass is 9.90. The van der Waals surface area contributed by atoms with E-state index in [1.54, 1.807) is 12.1 Å². The standard InChI is InChI=1S/C26H32N2O5/c29-18-23(17-21-11-14-24(30)15-12-21)28(25(31)16-13-20-7-3-1-4-8-20)27-26(32)33-19-22-9-5-2-6-10-22/h1,3-4,7-8,11-12,14-15,18,22-23,30H,2,5-6,9-10,13,16-17,19H2,(H,27,32)/t23-/m0/s1. The fourth-order valence-corrected chi connectivity index (χ4v) is 4.10. The molecule has 0 spiro atoms. The number of aldehydes is 1. The van der Waals surface area contributed by atoms with Crippen LogP contribution in [-0.2, 0) is 27.2 Å². The Morgan fingerprint density at radius 1 is 1.03 bits per heavy atom. The van der Waals surface area contributed by atoms with E-state index in [2.05, 4.69) is 5.43 Å². The van der Waals surface area contributed by atoms with Gasteiger partial charge in [-0.05, 0) is 48.4 Å². The van der Waals surface area contributed by atoms with Crippen molar-refractivity contribution in [3.8, 4) is 5.75 Å². The van der Waals surface area contributed by atoms with Crippen molar-refractivity contribution in [3.05, 3.63) is 65.7 Å². The molecular formula is C26H32N2O5. The molecule has 2 amide bonds. The molecular weight excluding hydrogens is 420 g/mol. The molecule has 33 heavy (non-hydrogen) atoms. The molecule has 2 N–H and O–H groups in total. The third-order valence-electron chi connectivity index (χ3n) is 6.00. The number of rotatable bonds is 9. The molecule has 7 heteroatoms. The Bertz CT molecular complexity index is 895. The van der Waals surface area contributed by atoms with Gasteiger partial charge in [0, 0.05) is 12.8 Å². The fourth-order valence-electron chi connectivity index (χ4n) is 4.10. The Labute approximate surface area is 194 Å². The highest BCUT2D eigenvalue weighted by atomic mass is 16.6. The molecule has 3 rings (SSSR count). The highest BCUT2D eigenvalue weighted by Crippen LogP contribution is 2.23. The molecule has 0 unspecified atom stereocenters. The molecule has 0 saturated heterocycles. The molecule has 0 bridgehead atoms. The number of aromatic hydroxyl groups is 1. The SMILES string of the molecule is O=C[C@H](Cc1ccc(O)cc1)N(NC(=O)OCC1CCCCC1)C(=O)CCc1ccccc1. The van der Waals surface area contributed by atoms with Gasteiger partial charge in [0.1, 0.15) is 18.1 Å². The Balaban J connectivity index is 1.66. The van der Waals surface area contributed by atoms with Gasteiger partial charge in [-0.2, -0.15) is 0 Å². The first-order valence-corrected chi connectivity index (χ1v) is 11.6. The minimum Gasteiger partial charge on any atom is -0.508 e. The normalized spacial score (nSPS) is 14.8. The monoisotopic (exact) mass is 452 g/mol. The lowest BCUT2D eigenvalue weighted by Crippen LogP contribution is -2.53. The van der Waals surface area contributed by atoms with Crippen LogP contribution in [0.2, 0.25) is 0 Å². The molecule has 0 radical (unpaired) electrons. The fraction of sp³-hybridized carbons (Fsp3) is 0.423. The van der Waals surface area contributed by atoms with Crippen molar-refractivity contribution in [1.29, 1.82) is 0 Å². The number of benzene rings is 2. The summed E-state index contributed by atoms with van der Waals surface area (Å²) in [6, 6.07) is 15.1. The molecule has 0 aromatic heterocycles. The summed E-state index contributed by atoms with van der Waals surface area (Å²) in [5.41, 5.74) is 4.26. The summed E-state index contributed by atoms with van der Waals surface area (Å²) < 4.78 is 5.39. The third-order valence-corrected chi connectivity index (χ3v) is 6.00. The van der Waals surface area contributed by atoms with Crippen molar-refractivity contribution in [2.45, 2.75) is 57.4 Å². The van der Waals surface area contributed by atoms with Gasteiger partial charge < -0.3 is 14.6 Å². The first-order chi connectivity index (χ1) is 16.0. The quantitative estimate of drug-likeness (QED) is 0.439. The molecule has 7 nitrogen and oxygen atoms in total. The third kappa shape index (κ3) is 7.93. The summed E-state index contributed by atoms with van der Waals surface area (Å²) in [6.07, 6.45) is 6.29. The molecule has 0 heterocycles. The number of carbonyl (C=O) groups is 3. The predicted octanol–water partition coefficient (Wildman–Crippen LogP) is 4.19. The van der Waals surface area contributed by atoms with E-state index in [1.807, 2.05) is 30.3 Å². The zero-order valence-electron chi connectivity index (χ0n) is 18.8. The van der Waals surface area contributed by atoms with E-state index in [-0.39, 0.29) is 24.5 Å². The second-order valence-electron chi connectivity index (χ2n) is 8.54. The average Bonchev–Trinajstić information content (AvgIpc) is 2.86. The van der Waals surface area contributed by atoms with Crippen molar-refractivity contribution in [2.75, 3.05) is 6.61 Å².